The van der Waals surface area contributed by atoms with Crippen molar-refractivity contribution in [1.29, 1.82) is 0 Å². The van der Waals surface area contributed by atoms with E-state index in [2.05, 4.69) is 0 Å². The third kappa shape index (κ3) is 3.69. The molecule has 29 heavy (non-hydrogen) atoms. The Morgan fingerprint density at radius 3 is 2.21 bits per heavy atom. The Balaban J connectivity index is 1.79. The van der Waals surface area contributed by atoms with Crippen molar-refractivity contribution in [2.24, 2.45) is 0 Å². The first-order valence-electron chi connectivity index (χ1n) is 8.99. The van der Waals surface area contributed by atoms with Crippen LogP contribution in [0, 0.1) is 0 Å². The number of hydrogen-bond donors (Lipinski definition) is 0. The summed E-state index contributed by atoms with van der Waals surface area (Å²) in [6.45, 7) is 0. The Hall–Kier alpha value is -3.32. The number of para-hydroxylation sites is 3. The molecule has 0 aliphatic carbocycles. The molecular weight excluding hydrogens is 390 g/mol. The smallest absolute Gasteiger partial charge is 0.243 e. The molecule has 0 N–H and O–H groups in total. The summed E-state index contributed by atoms with van der Waals surface area (Å²) < 4.78 is 36.8. The number of benzene rings is 3. The molecule has 148 valence electrons. The number of nitrogens with zero attached hydrogens (tertiary/aromatic N) is 1. The molecule has 1 amide bonds. The van der Waals surface area contributed by atoms with Gasteiger partial charge in [-0.25, -0.2) is 8.42 Å². The molecule has 0 aromatic heterocycles. The molecule has 6 nitrogen and oxygen atoms in total. The molecule has 3 aromatic rings. The second kappa shape index (κ2) is 7.60. The maximum Gasteiger partial charge on any atom is 0.243 e. The molecule has 0 bridgehead atoms. The van der Waals surface area contributed by atoms with Crippen LogP contribution >= 0.6 is 0 Å². The van der Waals surface area contributed by atoms with Crippen molar-refractivity contribution >= 4 is 21.4 Å². The van der Waals surface area contributed by atoms with Crippen LogP contribution < -0.4 is 14.4 Å². The van der Waals surface area contributed by atoms with Gasteiger partial charge in [0.2, 0.25) is 5.91 Å². The topological polar surface area (TPSA) is 72.9 Å². The van der Waals surface area contributed by atoms with E-state index in [0.717, 1.165) is 0 Å². The zero-order valence-corrected chi connectivity index (χ0v) is 16.5. The Bertz CT molecular complexity index is 1130. The molecule has 1 saturated heterocycles. The summed E-state index contributed by atoms with van der Waals surface area (Å²) in [5.41, 5.74) is 0.898. The van der Waals surface area contributed by atoms with Crippen LogP contribution in [0.2, 0.25) is 0 Å². The molecule has 7 heteroatoms. The average molecular weight is 409 g/mol. The molecule has 1 unspecified atom stereocenters. The number of amides is 1. The summed E-state index contributed by atoms with van der Waals surface area (Å²) in [7, 11) is -2.18. The minimum Gasteiger partial charge on any atom is -0.497 e. The first-order valence-corrected chi connectivity index (χ1v) is 10.7. The van der Waals surface area contributed by atoms with Crippen molar-refractivity contribution < 1.29 is 22.7 Å². The molecule has 0 radical (unpaired) electrons. The number of carbonyl (C=O) groups is 1. The van der Waals surface area contributed by atoms with Crippen LogP contribution in [0.15, 0.2) is 78.9 Å². The van der Waals surface area contributed by atoms with Crippen LogP contribution in [0.1, 0.15) is 10.9 Å². The van der Waals surface area contributed by atoms with Gasteiger partial charge in [-0.15, -0.1) is 0 Å². The lowest BCUT2D eigenvalue weighted by molar-refractivity contribution is -0.115. The fourth-order valence-electron chi connectivity index (χ4n) is 3.36. The number of carbonyl (C=O) groups excluding carboxylic acids is 1. The Kier molecular flexibility index (Phi) is 4.98. The first-order chi connectivity index (χ1) is 14.0. The van der Waals surface area contributed by atoms with E-state index in [1.54, 1.807) is 60.7 Å². The highest BCUT2D eigenvalue weighted by Gasteiger charge is 2.46. The minimum absolute atomic E-state index is 0.405. The highest BCUT2D eigenvalue weighted by atomic mass is 32.2. The fourth-order valence-corrected chi connectivity index (χ4v) is 5.12. The Morgan fingerprint density at radius 2 is 1.52 bits per heavy atom. The van der Waals surface area contributed by atoms with Gasteiger partial charge in [0.15, 0.2) is 21.0 Å². The maximum atomic E-state index is 12.8. The van der Waals surface area contributed by atoms with Crippen molar-refractivity contribution in [3.05, 3.63) is 84.4 Å². The molecule has 1 atom stereocenters. The van der Waals surface area contributed by atoms with E-state index in [-0.39, 0.29) is 0 Å². The van der Waals surface area contributed by atoms with Gasteiger partial charge in [0.05, 0.1) is 12.8 Å². The van der Waals surface area contributed by atoms with Gasteiger partial charge in [-0.05, 0) is 42.0 Å². The number of anilines is 1. The number of hydrogen-bond acceptors (Lipinski definition) is 5. The van der Waals surface area contributed by atoms with E-state index in [0.29, 0.717) is 28.5 Å². The third-order valence-corrected chi connectivity index (χ3v) is 6.48. The van der Waals surface area contributed by atoms with Crippen molar-refractivity contribution in [2.75, 3.05) is 17.8 Å². The summed E-state index contributed by atoms with van der Waals surface area (Å²) in [6.07, 6.45) is 0. The Morgan fingerprint density at radius 1 is 0.862 bits per heavy atom. The summed E-state index contributed by atoms with van der Waals surface area (Å²) in [6, 6.07) is 22.7. The lowest BCUT2D eigenvalue weighted by Crippen LogP contribution is -2.29. The fraction of sp³-hybridized carbons (Fsp3) is 0.136. The predicted octanol–water partition coefficient (Wildman–Crippen LogP) is 3.95. The lowest BCUT2D eigenvalue weighted by Gasteiger charge is -2.25. The zero-order chi connectivity index (χ0) is 20.4. The molecule has 3 aromatic carbocycles. The summed E-state index contributed by atoms with van der Waals surface area (Å²) in [4.78, 5) is 14.1. The third-order valence-electron chi connectivity index (χ3n) is 4.66. The highest BCUT2D eigenvalue weighted by Crippen LogP contribution is 2.42. The monoisotopic (exact) mass is 409 g/mol. The quantitative estimate of drug-likeness (QED) is 0.638. The number of rotatable bonds is 5. The SMILES string of the molecule is COc1ccc(C2N(c3ccccc3Oc3ccccc3)C(=O)CS2(=O)=O)cc1. The van der Waals surface area contributed by atoms with Gasteiger partial charge >= 0.3 is 0 Å². The van der Waals surface area contributed by atoms with E-state index in [9.17, 15) is 13.2 Å². The largest absolute Gasteiger partial charge is 0.497 e. The normalized spacial score (nSPS) is 17.9. The number of methoxy groups -OCH3 is 1. The van der Waals surface area contributed by atoms with Crippen LogP contribution in [-0.4, -0.2) is 27.2 Å². The van der Waals surface area contributed by atoms with Gasteiger partial charge in [-0.1, -0.05) is 42.5 Å². The zero-order valence-electron chi connectivity index (χ0n) is 15.7. The summed E-state index contributed by atoms with van der Waals surface area (Å²) in [5.74, 6) is 0.562. The van der Waals surface area contributed by atoms with Gasteiger partial charge in [-0.3, -0.25) is 9.69 Å². The molecule has 0 saturated carbocycles. The molecule has 1 aliphatic heterocycles. The van der Waals surface area contributed by atoms with Gasteiger partial charge in [0, 0.05) is 0 Å². The summed E-state index contributed by atoms with van der Waals surface area (Å²) >= 11 is 0. The number of ether oxygens (including phenoxy) is 2. The van der Waals surface area contributed by atoms with E-state index in [1.807, 2.05) is 18.2 Å². The van der Waals surface area contributed by atoms with E-state index >= 15 is 0 Å². The highest BCUT2D eigenvalue weighted by molar-refractivity contribution is 7.93. The van der Waals surface area contributed by atoms with Crippen LogP contribution in [0.3, 0.4) is 0 Å². The van der Waals surface area contributed by atoms with Gasteiger partial charge < -0.3 is 9.47 Å². The van der Waals surface area contributed by atoms with Gasteiger partial charge in [0.1, 0.15) is 17.3 Å². The molecule has 1 fully saturated rings. The van der Waals surface area contributed by atoms with Crippen LogP contribution in [-0.2, 0) is 14.6 Å². The van der Waals surface area contributed by atoms with Crippen LogP contribution in [0.25, 0.3) is 0 Å². The molecule has 1 heterocycles. The standard InChI is InChI=1S/C22H19NO5S/c1-27-17-13-11-16(12-14-17)22-23(21(24)15-29(22,25)26)19-9-5-6-10-20(19)28-18-7-3-2-4-8-18/h2-14,22H,15H2,1H3. The van der Waals surface area contributed by atoms with Crippen molar-refractivity contribution in [3.8, 4) is 17.2 Å². The maximum absolute atomic E-state index is 12.8. The van der Waals surface area contributed by atoms with Gasteiger partial charge in [0.25, 0.3) is 0 Å². The average Bonchev–Trinajstić information content (AvgIpc) is 2.97. The molecule has 0 spiro atoms. The van der Waals surface area contributed by atoms with E-state index in [4.69, 9.17) is 9.47 Å². The Labute approximate surface area is 169 Å². The van der Waals surface area contributed by atoms with E-state index in [1.165, 1.54) is 12.0 Å². The molecule has 1 aliphatic rings. The van der Waals surface area contributed by atoms with Gasteiger partial charge in [-0.2, -0.15) is 0 Å². The van der Waals surface area contributed by atoms with Crippen LogP contribution in [0.5, 0.6) is 17.2 Å². The lowest BCUT2D eigenvalue weighted by atomic mass is 10.1. The van der Waals surface area contributed by atoms with Crippen molar-refractivity contribution in [2.45, 2.75) is 5.37 Å². The van der Waals surface area contributed by atoms with E-state index < -0.39 is 26.9 Å². The van der Waals surface area contributed by atoms with Crippen molar-refractivity contribution in [1.82, 2.24) is 0 Å². The molecule has 4 rings (SSSR count). The predicted molar refractivity (Wildman–Crippen MR) is 110 cm³/mol. The van der Waals surface area contributed by atoms with Crippen molar-refractivity contribution in [3.63, 3.8) is 0 Å². The summed E-state index contributed by atoms with van der Waals surface area (Å²) in [5, 5.41) is -1.12. The second-order valence-corrected chi connectivity index (χ2v) is 8.64. The first kappa shape index (κ1) is 19.0. The molecular formula is C22H19NO5S. The van der Waals surface area contributed by atoms with Crippen LogP contribution in [0.4, 0.5) is 5.69 Å². The number of sulfone groups is 1. The second-order valence-electron chi connectivity index (χ2n) is 6.58. The minimum atomic E-state index is -3.72.